The van der Waals surface area contributed by atoms with Crippen LogP contribution in [-0.2, 0) is 15.9 Å². The molecule has 4 atom stereocenters. The molecule has 2 aromatic heterocycles. The molecule has 0 spiro atoms. The minimum atomic E-state index is -0.952. The summed E-state index contributed by atoms with van der Waals surface area (Å²) >= 11 is 6.22. The molecule has 1 saturated heterocycles. The molecule has 8 nitrogen and oxygen atoms in total. The molecule has 0 unspecified atom stereocenters. The number of fused-ring (bicyclic) bond motifs is 1. The van der Waals surface area contributed by atoms with Crippen LogP contribution in [0, 0.1) is 0 Å². The Hall–Kier alpha value is -1.45. The highest BCUT2D eigenvalue weighted by molar-refractivity contribution is 6.34. The van der Waals surface area contributed by atoms with Gasteiger partial charge in [0.15, 0.2) is 6.23 Å². The number of nitrogen functional groups attached to an aromatic ring is 1. The molecule has 1 fully saturated rings. The van der Waals surface area contributed by atoms with Crippen LogP contribution in [0.4, 0.5) is 5.95 Å². The maximum absolute atomic E-state index is 10.2. The number of rotatable bonds is 4. The number of aliphatic hydroxyl groups is 2. The van der Waals surface area contributed by atoms with Gasteiger partial charge < -0.3 is 30.0 Å². The van der Waals surface area contributed by atoms with Crippen molar-refractivity contribution < 1.29 is 19.7 Å². The van der Waals surface area contributed by atoms with E-state index in [0.717, 1.165) is 5.56 Å². The van der Waals surface area contributed by atoms with Gasteiger partial charge in [0.25, 0.3) is 0 Å². The van der Waals surface area contributed by atoms with E-state index >= 15 is 0 Å². The highest BCUT2D eigenvalue weighted by atomic mass is 35.5. The number of ether oxygens (including phenoxy) is 2. The van der Waals surface area contributed by atoms with Gasteiger partial charge in [-0.2, -0.15) is 4.98 Å². The summed E-state index contributed by atoms with van der Waals surface area (Å²) in [6.45, 7) is 1.68. The molecule has 0 radical (unpaired) electrons. The molecular weight excluding hydrogens is 324 g/mol. The van der Waals surface area contributed by atoms with E-state index in [2.05, 4.69) is 9.97 Å². The minimum absolute atomic E-state index is 0.0516. The summed E-state index contributed by atoms with van der Waals surface area (Å²) < 4.78 is 12.8. The fourth-order valence-corrected chi connectivity index (χ4v) is 3.30. The van der Waals surface area contributed by atoms with Crippen LogP contribution in [0.3, 0.4) is 0 Å². The average Bonchev–Trinajstić information content (AvgIpc) is 3.04. The Kier molecular flexibility index (Phi) is 4.43. The molecule has 1 aliphatic heterocycles. The van der Waals surface area contributed by atoms with Crippen LogP contribution in [0.1, 0.15) is 18.7 Å². The monoisotopic (exact) mass is 342 g/mol. The lowest BCUT2D eigenvalue weighted by Crippen LogP contribution is -2.34. The highest BCUT2D eigenvalue weighted by Crippen LogP contribution is 2.36. The van der Waals surface area contributed by atoms with Crippen molar-refractivity contribution in [3.8, 4) is 0 Å². The van der Waals surface area contributed by atoms with E-state index < -0.39 is 24.5 Å². The third kappa shape index (κ3) is 2.56. The number of halogens is 1. The highest BCUT2D eigenvalue weighted by Gasteiger charge is 2.45. The predicted octanol–water partition coefficient (Wildman–Crippen LogP) is 0.495. The Morgan fingerprint density at radius 2 is 2.22 bits per heavy atom. The second-order valence-corrected chi connectivity index (χ2v) is 5.78. The first-order valence-electron chi connectivity index (χ1n) is 7.31. The van der Waals surface area contributed by atoms with E-state index in [4.69, 9.17) is 26.8 Å². The Bertz CT molecular complexity index is 722. The van der Waals surface area contributed by atoms with E-state index in [0.29, 0.717) is 17.5 Å². The van der Waals surface area contributed by atoms with Crippen molar-refractivity contribution in [3.05, 3.63) is 16.9 Å². The summed E-state index contributed by atoms with van der Waals surface area (Å²) in [7, 11) is 1.48. The maximum Gasteiger partial charge on any atom is 0.223 e. The number of aryl methyl sites for hydroxylation is 1. The summed E-state index contributed by atoms with van der Waals surface area (Å²) in [6.07, 6.45) is -0.433. The summed E-state index contributed by atoms with van der Waals surface area (Å²) in [5.74, 6) is 0.0516. The molecule has 9 heteroatoms. The number of methoxy groups -OCH3 is 1. The zero-order valence-corrected chi connectivity index (χ0v) is 13.6. The Morgan fingerprint density at radius 1 is 1.48 bits per heavy atom. The van der Waals surface area contributed by atoms with Crippen LogP contribution in [0.2, 0.25) is 5.15 Å². The quantitative estimate of drug-likeness (QED) is 0.693. The lowest BCUT2D eigenvalue weighted by atomic mass is 10.1. The van der Waals surface area contributed by atoms with E-state index in [1.807, 2.05) is 13.1 Å². The molecule has 3 rings (SSSR count). The van der Waals surface area contributed by atoms with Crippen molar-refractivity contribution in [1.82, 2.24) is 14.5 Å². The van der Waals surface area contributed by atoms with Gasteiger partial charge in [-0.25, -0.2) is 4.98 Å². The van der Waals surface area contributed by atoms with Gasteiger partial charge in [-0.1, -0.05) is 18.5 Å². The summed E-state index contributed by atoms with van der Waals surface area (Å²) in [5.41, 5.74) is 7.16. The van der Waals surface area contributed by atoms with Gasteiger partial charge in [0.1, 0.15) is 29.1 Å². The summed E-state index contributed by atoms with van der Waals surface area (Å²) in [5, 5.41) is 20.5. The third-order valence-corrected chi connectivity index (χ3v) is 4.42. The lowest BCUT2D eigenvalue weighted by Gasteiger charge is -2.20. The van der Waals surface area contributed by atoms with Crippen molar-refractivity contribution in [2.45, 2.75) is 37.9 Å². The van der Waals surface area contributed by atoms with Gasteiger partial charge in [0.05, 0.1) is 12.0 Å². The van der Waals surface area contributed by atoms with Gasteiger partial charge in [0, 0.05) is 13.3 Å². The van der Waals surface area contributed by atoms with Crippen molar-refractivity contribution in [3.63, 3.8) is 0 Å². The normalized spacial score (nSPS) is 27.9. The minimum Gasteiger partial charge on any atom is -0.394 e. The number of aliphatic hydroxyl groups excluding tert-OH is 2. The van der Waals surface area contributed by atoms with E-state index in [1.54, 1.807) is 4.57 Å². The number of hydrogen-bond acceptors (Lipinski definition) is 7. The van der Waals surface area contributed by atoms with Crippen LogP contribution < -0.4 is 5.73 Å². The van der Waals surface area contributed by atoms with Crippen molar-refractivity contribution in [2.24, 2.45) is 0 Å². The van der Waals surface area contributed by atoms with E-state index in [9.17, 15) is 10.2 Å². The number of nitrogens with two attached hydrogens (primary N) is 1. The number of aromatic nitrogens is 3. The van der Waals surface area contributed by atoms with Gasteiger partial charge in [-0.15, -0.1) is 0 Å². The number of anilines is 1. The van der Waals surface area contributed by atoms with Crippen molar-refractivity contribution in [2.75, 3.05) is 19.5 Å². The molecule has 0 amide bonds. The molecule has 1 aliphatic rings. The molecule has 126 valence electrons. The largest absolute Gasteiger partial charge is 0.394 e. The molecule has 0 bridgehead atoms. The van der Waals surface area contributed by atoms with Gasteiger partial charge in [-0.05, 0) is 12.0 Å². The fourth-order valence-electron chi connectivity index (χ4n) is 3.00. The standard InChI is InChI=1S/C14H19ClN4O4/c1-3-6-4-19(12-8(6)11(15)17-14(16)18-12)13-10(22-2)9(21)7(5-20)23-13/h4,7,9-10,13,20-21H,3,5H2,1-2H3,(H2,16,17,18)/t7-,9-,10-,13-/m1/s1. The molecule has 0 aliphatic carbocycles. The van der Waals surface area contributed by atoms with E-state index in [-0.39, 0.29) is 17.7 Å². The van der Waals surface area contributed by atoms with Gasteiger partial charge in [-0.3, -0.25) is 0 Å². The van der Waals surface area contributed by atoms with Crippen LogP contribution >= 0.6 is 11.6 Å². The molecule has 0 aromatic carbocycles. The average molecular weight is 343 g/mol. The first-order valence-corrected chi connectivity index (χ1v) is 7.69. The van der Waals surface area contributed by atoms with Crippen LogP contribution in [-0.4, -0.2) is 56.8 Å². The van der Waals surface area contributed by atoms with Gasteiger partial charge >= 0.3 is 0 Å². The fraction of sp³-hybridized carbons (Fsp3) is 0.571. The van der Waals surface area contributed by atoms with Crippen molar-refractivity contribution >= 4 is 28.6 Å². The summed E-state index contributed by atoms with van der Waals surface area (Å²) in [4.78, 5) is 8.25. The van der Waals surface area contributed by atoms with Crippen molar-refractivity contribution in [1.29, 1.82) is 0 Å². The topological polar surface area (TPSA) is 116 Å². The van der Waals surface area contributed by atoms with Crippen LogP contribution in [0.5, 0.6) is 0 Å². The second-order valence-electron chi connectivity index (χ2n) is 5.42. The molecule has 0 saturated carbocycles. The first kappa shape index (κ1) is 16.4. The first-order chi connectivity index (χ1) is 11.0. The van der Waals surface area contributed by atoms with Gasteiger partial charge in [0.2, 0.25) is 5.95 Å². The SMILES string of the molecule is CCc1cn([C@@H]2O[C@H](CO)[C@@H](O)[C@H]2OC)c2nc(N)nc(Cl)c12. The number of hydrogen-bond donors (Lipinski definition) is 3. The molecule has 23 heavy (non-hydrogen) atoms. The number of nitrogens with zero attached hydrogens (tertiary/aromatic N) is 3. The Labute approximate surface area is 137 Å². The zero-order valence-electron chi connectivity index (χ0n) is 12.8. The predicted molar refractivity (Wildman–Crippen MR) is 84.1 cm³/mol. The smallest absolute Gasteiger partial charge is 0.223 e. The third-order valence-electron chi connectivity index (χ3n) is 4.14. The lowest BCUT2D eigenvalue weighted by molar-refractivity contribution is -0.0581. The van der Waals surface area contributed by atoms with Crippen LogP contribution in [0.15, 0.2) is 6.20 Å². The zero-order chi connectivity index (χ0) is 16.7. The Morgan fingerprint density at radius 3 is 2.83 bits per heavy atom. The van der Waals surface area contributed by atoms with Crippen LogP contribution in [0.25, 0.3) is 11.0 Å². The Balaban J connectivity index is 2.16. The molecular formula is C14H19ClN4O4. The summed E-state index contributed by atoms with van der Waals surface area (Å²) in [6, 6.07) is 0. The van der Waals surface area contributed by atoms with E-state index in [1.165, 1.54) is 7.11 Å². The second kappa shape index (κ2) is 6.21. The molecule has 2 aromatic rings. The molecule has 3 heterocycles. The molecule has 4 N–H and O–H groups in total. The maximum atomic E-state index is 10.2.